The van der Waals surface area contributed by atoms with Gasteiger partial charge in [-0.1, -0.05) is 42.5 Å². The van der Waals surface area contributed by atoms with Crippen molar-refractivity contribution in [2.24, 2.45) is 4.99 Å². The standard InChI is InChI=1S/C21H28FN3O3S.HI/c1-17(28-20-12-7-6-11-19(20)22)15-25-21(23-2)24-13-8-14-29(26,27)16-18-9-4-3-5-10-18;/h3-7,9-12,17H,8,13-16H2,1-2H3,(H2,23,24,25);1H. The van der Waals surface area contributed by atoms with E-state index in [4.69, 9.17) is 4.74 Å². The van der Waals surface area contributed by atoms with Gasteiger partial charge in [0.1, 0.15) is 6.10 Å². The quantitative estimate of drug-likeness (QED) is 0.206. The third-order valence-electron chi connectivity index (χ3n) is 4.10. The summed E-state index contributed by atoms with van der Waals surface area (Å²) in [6.45, 7) is 2.71. The van der Waals surface area contributed by atoms with E-state index in [1.807, 2.05) is 37.3 Å². The zero-order valence-corrected chi connectivity index (χ0v) is 20.3. The van der Waals surface area contributed by atoms with Gasteiger partial charge in [0.2, 0.25) is 0 Å². The van der Waals surface area contributed by atoms with Crippen molar-refractivity contribution in [2.45, 2.75) is 25.2 Å². The highest BCUT2D eigenvalue weighted by molar-refractivity contribution is 14.0. The van der Waals surface area contributed by atoms with Crippen LogP contribution in [-0.2, 0) is 15.6 Å². The molecule has 0 aliphatic rings. The molecule has 0 aliphatic heterocycles. The summed E-state index contributed by atoms with van der Waals surface area (Å²) < 4.78 is 43.6. The number of ether oxygens (including phenoxy) is 1. The summed E-state index contributed by atoms with van der Waals surface area (Å²) in [7, 11) is -1.53. The van der Waals surface area contributed by atoms with Crippen LogP contribution in [0.25, 0.3) is 0 Å². The fraction of sp³-hybridized carbons (Fsp3) is 0.381. The Balaban J connectivity index is 0.00000450. The Morgan fingerprint density at radius 3 is 2.43 bits per heavy atom. The third kappa shape index (κ3) is 9.75. The molecule has 0 saturated carbocycles. The van der Waals surface area contributed by atoms with E-state index < -0.39 is 15.7 Å². The molecule has 2 aromatic carbocycles. The van der Waals surface area contributed by atoms with E-state index in [9.17, 15) is 12.8 Å². The zero-order valence-electron chi connectivity index (χ0n) is 17.2. The van der Waals surface area contributed by atoms with Crippen LogP contribution in [-0.4, -0.2) is 46.4 Å². The highest BCUT2D eigenvalue weighted by atomic mass is 127. The van der Waals surface area contributed by atoms with Gasteiger partial charge >= 0.3 is 0 Å². The first-order valence-corrected chi connectivity index (χ1v) is 11.3. The number of rotatable bonds is 10. The number of nitrogens with one attached hydrogen (secondary N) is 2. The molecule has 0 radical (unpaired) electrons. The van der Waals surface area contributed by atoms with Gasteiger partial charge in [0, 0.05) is 13.6 Å². The third-order valence-corrected chi connectivity index (χ3v) is 5.78. The second-order valence-corrected chi connectivity index (χ2v) is 8.85. The van der Waals surface area contributed by atoms with E-state index in [2.05, 4.69) is 15.6 Å². The van der Waals surface area contributed by atoms with Gasteiger partial charge in [0.05, 0.1) is 18.1 Å². The lowest BCUT2D eigenvalue weighted by atomic mass is 10.2. The fourth-order valence-corrected chi connectivity index (χ4v) is 4.09. The molecular weight excluding hydrogens is 520 g/mol. The summed E-state index contributed by atoms with van der Waals surface area (Å²) in [5.74, 6) is 0.478. The Morgan fingerprint density at radius 2 is 1.77 bits per heavy atom. The van der Waals surface area contributed by atoms with Crippen LogP contribution in [0.5, 0.6) is 5.75 Å². The molecule has 0 heterocycles. The number of hydrogen-bond acceptors (Lipinski definition) is 4. The minimum Gasteiger partial charge on any atom is -0.486 e. The SMILES string of the molecule is CN=C(NCCCS(=O)(=O)Cc1ccccc1)NCC(C)Oc1ccccc1F.I. The van der Waals surface area contributed by atoms with Gasteiger partial charge in [0.15, 0.2) is 27.4 Å². The van der Waals surface area contributed by atoms with Gasteiger partial charge in [0.25, 0.3) is 0 Å². The Morgan fingerprint density at radius 1 is 1.10 bits per heavy atom. The lowest BCUT2D eigenvalue weighted by molar-refractivity contribution is 0.214. The smallest absolute Gasteiger partial charge is 0.191 e. The van der Waals surface area contributed by atoms with E-state index in [-0.39, 0.29) is 47.3 Å². The molecule has 1 unspecified atom stereocenters. The van der Waals surface area contributed by atoms with Gasteiger partial charge in [-0.15, -0.1) is 24.0 Å². The lowest BCUT2D eigenvalue weighted by Gasteiger charge is -2.18. The monoisotopic (exact) mass is 549 g/mol. The predicted molar refractivity (Wildman–Crippen MR) is 130 cm³/mol. The number of guanidine groups is 1. The summed E-state index contributed by atoms with van der Waals surface area (Å²) in [6, 6.07) is 15.4. The molecule has 6 nitrogen and oxygen atoms in total. The first-order valence-electron chi connectivity index (χ1n) is 9.49. The van der Waals surface area contributed by atoms with Crippen LogP contribution in [0.1, 0.15) is 18.9 Å². The molecule has 0 amide bonds. The van der Waals surface area contributed by atoms with Gasteiger partial charge in [-0.2, -0.15) is 0 Å². The van der Waals surface area contributed by atoms with Gasteiger partial charge in [-0.3, -0.25) is 4.99 Å². The predicted octanol–water partition coefficient (Wildman–Crippen LogP) is 3.38. The average Bonchev–Trinajstić information content (AvgIpc) is 2.69. The molecule has 2 rings (SSSR count). The molecule has 2 aromatic rings. The second kappa shape index (κ2) is 13.4. The summed E-state index contributed by atoms with van der Waals surface area (Å²) >= 11 is 0. The van der Waals surface area contributed by atoms with Gasteiger partial charge < -0.3 is 15.4 Å². The molecule has 0 saturated heterocycles. The summed E-state index contributed by atoms with van der Waals surface area (Å²) in [6.07, 6.45) is 0.189. The van der Waals surface area contributed by atoms with Crippen LogP contribution < -0.4 is 15.4 Å². The topological polar surface area (TPSA) is 79.8 Å². The summed E-state index contributed by atoms with van der Waals surface area (Å²) in [4.78, 5) is 4.10. The van der Waals surface area contributed by atoms with Crippen LogP contribution in [0.3, 0.4) is 0 Å². The fourth-order valence-electron chi connectivity index (χ4n) is 2.66. The van der Waals surface area contributed by atoms with E-state index >= 15 is 0 Å². The molecule has 0 aromatic heterocycles. The molecular formula is C21H29FIN3O3S. The first-order chi connectivity index (χ1) is 13.9. The van der Waals surface area contributed by atoms with E-state index in [1.165, 1.54) is 6.07 Å². The number of sulfone groups is 1. The van der Waals surface area contributed by atoms with Crippen LogP contribution in [0.15, 0.2) is 59.6 Å². The summed E-state index contributed by atoms with van der Waals surface area (Å²) in [5.41, 5.74) is 0.793. The molecule has 2 N–H and O–H groups in total. The van der Waals surface area contributed by atoms with Gasteiger partial charge in [-0.25, -0.2) is 12.8 Å². The van der Waals surface area contributed by atoms with Crippen LogP contribution >= 0.6 is 24.0 Å². The maximum Gasteiger partial charge on any atom is 0.191 e. The molecule has 0 fully saturated rings. The van der Waals surface area contributed by atoms with Crippen molar-refractivity contribution < 1.29 is 17.5 Å². The molecule has 9 heteroatoms. The van der Waals surface area contributed by atoms with Gasteiger partial charge in [-0.05, 0) is 31.0 Å². The van der Waals surface area contributed by atoms with Crippen LogP contribution in [0.2, 0.25) is 0 Å². The number of hydrogen-bond donors (Lipinski definition) is 2. The minimum absolute atomic E-state index is 0. The number of benzene rings is 2. The largest absolute Gasteiger partial charge is 0.486 e. The second-order valence-electron chi connectivity index (χ2n) is 6.67. The molecule has 0 aliphatic carbocycles. The molecule has 0 spiro atoms. The number of para-hydroxylation sites is 1. The maximum absolute atomic E-state index is 13.6. The van der Waals surface area contributed by atoms with Crippen molar-refractivity contribution in [3.05, 3.63) is 66.0 Å². The lowest BCUT2D eigenvalue weighted by Crippen LogP contribution is -2.42. The van der Waals surface area contributed by atoms with Crippen molar-refractivity contribution in [1.82, 2.24) is 10.6 Å². The minimum atomic E-state index is -3.16. The maximum atomic E-state index is 13.6. The van der Waals surface area contributed by atoms with Crippen molar-refractivity contribution in [3.63, 3.8) is 0 Å². The Bertz CT molecular complexity index is 895. The zero-order chi connectivity index (χ0) is 21.1. The van der Waals surface area contributed by atoms with Crippen molar-refractivity contribution >= 4 is 39.8 Å². The highest BCUT2D eigenvalue weighted by Gasteiger charge is 2.12. The molecule has 1 atom stereocenters. The first kappa shape index (κ1) is 26.2. The molecule has 166 valence electrons. The Kier molecular flexibility index (Phi) is 11.7. The van der Waals surface area contributed by atoms with Crippen LogP contribution in [0.4, 0.5) is 4.39 Å². The normalized spacial score (nSPS) is 12.6. The van der Waals surface area contributed by atoms with Crippen LogP contribution in [0, 0.1) is 5.82 Å². The molecule has 0 bridgehead atoms. The van der Waals surface area contributed by atoms with E-state index in [0.29, 0.717) is 25.5 Å². The highest BCUT2D eigenvalue weighted by Crippen LogP contribution is 2.16. The van der Waals surface area contributed by atoms with Crippen molar-refractivity contribution in [2.75, 3.05) is 25.9 Å². The molecule has 30 heavy (non-hydrogen) atoms. The van der Waals surface area contributed by atoms with E-state index in [0.717, 1.165) is 5.56 Å². The average molecular weight is 549 g/mol. The van der Waals surface area contributed by atoms with Crippen molar-refractivity contribution in [1.29, 1.82) is 0 Å². The number of halogens is 2. The Hall–Kier alpha value is -1.88. The van der Waals surface area contributed by atoms with Crippen molar-refractivity contribution in [3.8, 4) is 5.75 Å². The Labute approximate surface area is 195 Å². The summed E-state index contributed by atoms with van der Waals surface area (Å²) in [5, 5.41) is 6.17. The van der Waals surface area contributed by atoms with E-state index in [1.54, 1.807) is 25.2 Å². The number of nitrogens with zero attached hydrogens (tertiary/aromatic N) is 1. The number of aliphatic imine (C=N–C) groups is 1.